The van der Waals surface area contributed by atoms with Gasteiger partial charge in [0.2, 0.25) is 0 Å². The van der Waals surface area contributed by atoms with Gasteiger partial charge in [-0.3, -0.25) is 37.3 Å². The van der Waals surface area contributed by atoms with Gasteiger partial charge in [-0.1, -0.05) is 323 Å². The maximum atomic E-state index is 13.1. The first kappa shape index (κ1) is 93.5. The largest absolute Gasteiger partial charge is 0.472 e. The Bertz CT molecular complexity index is 1950. The molecule has 0 saturated heterocycles. The number of esters is 4. The van der Waals surface area contributed by atoms with Gasteiger partial charge in [0, 0.05) is 25.7 Å². The SMILES string of the molecule is CCCCCC/C=C\C=C/CCCCCCCC(=O)OC[C@H](COP(=O)(O)OC[C@@H](O)COP(=O)(O)OC[C@@H](COC(=O)CCCCCCCCC(C)C)OC(=O)CCCCCCCCCCCCCCCCC)OC(=O)CCCCCCCCCCCCCCCCC(C)C. The first-order chi connectivity index (χ1) is 46.4. The van der Waals surface area contributed by atoms with Crippen LogP contribution in [0.1, 0.15) is 375 Å². The quantitative estimate of drug-likeness (QED) is 0.0169. The predicted octanol–water partition coefficient (Wildman–Crippen LogP) is 22.3. The number of aliphatic hydroxyl groups excluding tert-OH is 1. The second-order valence-corrected chi connectivity index (χ2v) is 30.9. The average Bonchev–Trinajstić information content (AvgIpc) is 1.51. The van der Waals surface area contributed by atoms with Gasteiger partial charge < -0.3 is 33.8 Å². The summed E-state index contributed by atoms with van der Waals surface area (Å²) >= 11 is 0. The summed E-state index contributed by atoms with van der Waals surface area (Å²) in [4.78, 5) is 72.8. The number of carbonyl (C=O) groups is 4. The van der Waals surface area contributed by atoms with E-state index in [1.54, 1.807) is 0 Å². The third kappa shape index (κ3) is 70.0. The van der Waals surface area contributed by atoms with Gasteiger partial charge in [0.15, 0.2) is 12.2 Å². The van der Waals surface area contributed by atoms with Crippen molar-refractivity contribution in [1.29, 1.82) is 0 Å². The molecule has 0 saturated carbocycles. The highest BCUT2D eigenvalue weighted by Gasteiger charge is 2.30. The molecular formula is C77H146O17P2. The van der Waals surface area contributed by atoms with E-state index in [4.69, 9.17) is 37.0 Å². The lowest BCUT2D eigenvalue weighted by Gasteiger charge is -2.21. The van der Waals surface area contributed by atoms with E-state index in [1.165, 1.54) is 167 Å². The van der Waals surface area contributed by atoms with Crippen LogP contribution in [0.5, 0.6) is 0 Å². The highest BCUT2D eigenvalue weighted by atomic mass is 31.2. The molecule has 17 nitrogen and oxygen atoms in total. The van der Waals surface area contributed by atoms with Gasteiger partial charge in [-0.25, -0.2) is 9.13 Å². The third-order valence-electron chi connectivity index (χ3n) is 17.3. The molecule has 19 heteroatoms. The lowest BCUT2D eigenvalue weighted by atomic mass is 10.0. The van der Waals surface area contributed by atoms with Gasteiger partial charge in [0.1, 0.15) is 19.3 Å². The molecule has 0 spiro atoms. The van der Waals surface area contributed by atoms with Gasteiger partial charge in [-0.05, 0) is 63.2 Å². The van der Waals surface area contributed by atoms with Crippen molar-refractivity contribution < 1.29 is 80.2 Å². The molecule has 0 aromatic carbocycles. The number of carbonyl (C=O) groups excluding carboxylic acids is 4. The van der Waals surface area contributed by atoms with Crippen LogP contribution in [-0.4, -0.2) is 96.7 Å². The van der Waals surface area contributed by atoms with Crippen molar-refractivity contribution in [2.75, 3.05) is 39.6 Å². The van der Waals surface area contributed by atoms with Crippen LogP contribution in [0.25, 0.3) is 0 Å². The van der Waals surface area contributed by atoms with Crippen LogP contribution in [0.15, 0.2) is 24.3 Å². The predicted molar refractivity (Wildman–Crippen MR) is 391 cm³/mol. The lowest BCUT2D eigenvalue weighted by molar-refractivity contribution is -0.161. The van der Waals surface area contributed by atoms with Crippen LogP contribution in [0.3, 0.4) is 0 Å². The number of aliphatic hydroxyl groups is 1. The van der Waals surface area contributed by atoms with Crippen LogP contribution < -0.4 is 0 Å². The Morgan fingerprint density at radius 1 is 0.323 bits per heavy atom. The minimum atomic E-state index is -4.97. The Morgan fingerprint density at radius 3 is 0.854 bits per heavy atom. The van der Waals surface area contributed by atoms with Gasteiger partial charge in [0.25, 0.3) is 0 Å². The molecule has 0 amide bonds. The van der Waals surface area contributed by atoms with Crippen molar-refractivity contribution in [2.24, 2.45) is 11.8 Å². The minimum Gasteiger partial charge on any atom is -0.462 e. The maximum Gasteiger partial charge on any atom is 0.472 e. The number of phosphoric ester groups is 2. The third-order valence-corrected chi connectivity index (χ3v) is 19.2. The van der Waals surface area contributed by atoms with Crippen molar-refractivity contribution in [3.8, 4) is 0 Å². The Balaban J connectivity index is 5.27. The normalized spacial score (nSPS) is 14.2. The van der Waals surface area contributed by atoms with Crippen LogP contribution in [0.4, 0.5) is 0 Å². The van der Waals surface area contributed by atoms with E-state index in [9.17, 15) is 43.2 Å². The van der Waals surface area contributed by atoms with E-state index in [-0.39, 0.29) is 25.7 Å². The molecule has 0 aliphatic rings. The number of hydrogen-bond acceptors (Lipinski definition) is 15. The second kappa shape index (κ2) is 68.3. The number of allylic oxidation sites excluding steroid dienone is 4. The Hall–Kier alpha value is -2.46. The van der Waals surface area contributed by atoms with Gasteiger partial charge in [0.05, 0.1) is 26.4 Å². The maximum absolute atomic E-state index is 13.1. The van der Waals surface area contributed by atoms with Crippen molar-refractivity contribution in [1.82, 2.24) is 0 Å². The number of hydrogen-bond donors (Lipinski definition) is 3. The molecule has 5 atom stereocenters. The summed E-state index contributed by atoms with van der Waals surface area (Å²) in [6, 6.07) is 0. The summed E-state index contributed by atoms with van der Waals surface area (Å²) in [5.41, 5.74) is 0. The highest BCUT2D eigenvalue weighted by Crippen LogP contribution is 2.45. The fraction of sp³-hybridized carbons (Fsp3) is 0.896. The van der Waals surface area contributed by atoms with Crippen LogP contribution in [-0.2, 0) is 65.4 Å². The van der Waals surface area contributed by atoms with Gasteiger partial charge in [-0.15, -0.1) is 0 Å². The van der Waals surface area contributed by atoms with Crippen molar-refractivity contribution in [3.05, 3.63) is 24.3 Å². The van der Waals surface area contributed by atoms with Crippen molar-refractivity contribution in [2.45, 2.75) is 394 Å². The summed E-state index contributed by atoms with van der Waals surface area (Å²) in [7, 11) is -9.92. The molecule has 3 N–H and O–H groups in total. The molecule has 0 radical (unpaired) electrons. The zero-order valence-electron chi connectivity index (χ0n) is 62.2. The van der Waals surface area contributed by atoms with E-state index in [0.717, 1.165) is 121 Å². The van der Waals surface area contributed by atoms with E-state index in [2.05, 4.69) is 65.8 Å². The van der Waals surface area contributed by atoms with Gasteiger partial charge >= 0.3 is 39.5 Å². The standard InChI is InChI=1S/C77H146O17P2/c1-7-9-11-13-15-17-19-21-23-28-32-36-40-47-53-59-74(79)87-65-72(93-76(81)61-56-50-42-38-34-30-26-25-27-31-35-39-45-51-57-69(3)4)67-91-95(83,84)89-63-71(78)64-90-96(85,86)92-68-73(66-88-75(80)60-54-48-44-43-46-52-58-70(5)6)94-77(82)62-55-49-41-37-33-29-24-22-20-18-16-14-12-10-8-2/h17,19,21,23,69-73,78H,7-16,18,20,22,24-68H2,1-6H3,(H,83,84)(H,85,86)/b19-17-,23-21-/t71-,72-,73-/m1/s1. The summed E-state index contributed by atoms with van der Waals surface area (Å²) in [5.74, 6) is -0.675. The first-order valence-electron chi connectivity index (χ1n) is 39.3. The monoisotopic (exact) mass is 1410 g/mol. The molecule has 0 fully saturated rings. The minimum absolute atomic E-state index is 0.100. The van der Waals surface area contributed by atoms with Crippen LogP contribution in [0, 0.1) is 11.8 Å². The van der Waals surface area contributed by atoms with Crippen LogP contribution >= 0.6 is 15.6 Å². The summed E-state index contributed by atoms with van der Waals surface area (Å²) in [6.07, 6.45) is 59.2. The molecule has 0 aromatic rings. The molecule has 0 aliphatic carbocycles. The molecule has 96 heavy (non-hydrogen) atoms. The van der Waals surface area contributed by atoms with E-state index >= 15 is 0 Å². The van der Waals surface area contributed by atoms with Crippen LogP contribution in [0.2, 0.25) is 0 Å². The topological polar surface area (TPSA) is 237 Å². The number of rotatable bonds is 74. The zero-order chi connectivity index (χ0) is 70.7. The molecule has 2 unspecified atom stereocenters. The molecule has 566 valence electrons. The van der Waals surface area contributed by atoms with Gasteiger partial charge in [-0.2, -0.15) is 0 Å². The second-order valence-electron chi connectivity index (χ2n) is 28.0. The number of ether oxygens (including phenoxy) is 4. The van der Waals surface area contributed by atoms with Crippen molar-refractivity contribution >= 4 is 39.5 Å². The summed E-state index contributed by atoms with van der Waals surface area (Å²) < 4.78 is 68.5. The fourth-order valence-electron chi connectivity index (χ4n) is 11.3. The Labute approximate surface area is 586 Å². The van der Waals surface area contributed by atoms with Crippen molar-refractivity contribution in [3.63, 3.8) is 0 Å². The fourth-order valence-corrected chi connectivity index (χ4v) is 12.9. The smallest absolute Gasteiger partial charge is 0.462 e. The summed E-state index contributed by atoms with van der Waals surface area (Å²) in [6.45, 7) is 9.48. The first-order valence-corrected chi connectivity index (χ1v) is 42.3. The molecule has 0 aliphatic heterocycles. The number of unbranched alkanes of at least 4 members (excludes halogenated alkanes) is 41. The van der Waals surface area contributed by atoms with E-state index in [1.807, 2.05) is 0 Å². The summed E-state index contributed by atoms with van der Waals surface area (Å²) in [5, 5.41) is 10.6. The Morgan fingerprint density at radius 2 is 0.562 bits per heavy atom. The molecule has 0 bridgehead atoms. The highest BCUT2D eigenvalue weighted by molar-refractivity contribution is 7.47. The lowest BCUT2D eigenvalue weighted by Crippen LogP contribution is -2.30. The average molecular weight is 1410 g/mol. The molecule has 0 heterocycles. The van der Waals surface area contributed by atoms with E-state index < -0.39 is 97.5 Å². The molecule has 0 rings (SSSR count). The molecule has 0 aromatic heterocycles. The zero-order valence-corrected chi connectivity index (χ0v) is 63.9. The van der Waals surface area contributed by atoms with E-state index in [0.29, 0.717) is 31.6 Å². The number of phosphoric acid groups is 2. The molecular weight excluding hydrogens is 1260 g/mol. The Kier molecular flexibility index (Phi) is 66.6.